The van der Waals surface area contributed by atoms with E-state index in [4.69, 9.17) is 0 Å². The van der Waals surface area contributed by atoms with Gasteiger partial charge in [0.05, 0.1) is 17.8 Å². The lowest BCUT2D eigenvalue weighted by Gasteiger charge is -2.23. The summed E-state index contributed by atoms with van der Waals surface area (Å²) in [6, 6.07) is 4.74. The highest BCUT2D eigenvalue weighted by atomic mass is 32.1. The average molecular weight is 306 g/mol. The van der Waals surface area contributed by atoms with E-state index in [1.807, 2.05) is 22.2 Å². The topological polar surface area (TPSA) is 33.1 Å². The minimum absolute atomic E-state index is 0.0430. The van der Waals surface area contributed by atoms with Crippen molar-refractivity contribution in [3.8, 4) is 0 Å². The molecular weight excluding hydrogens is 280 g/mol. The molecule has 0 fully saturated rings. The molecule has 2 heterocycles. The predicted molar refractivity (Wildman–Crippen MR) is 89.7 cm³/mol. The minimum Gasteiger partial charge on any atom is -0.311 e. The van der Waals surface area contributed by atoms with Crippen LogP contribution in [-0.2, 0) is 12.1 Å². The normalized spacial score (nSPS) is 13.8. The highest BCUT2D eigenvalue weighted by Gasteiger charge is 2.16. The van der Waals surface area contributed by atoms with E-state index in [2.05, 4.69) is 73.9 Å². The molecule has 2 aromatic rings. The zero-order chi connectivity index (χ0) is 15.5. The molecule has 0 saturated heterocycles. The number of nitrogens with one attached hydrogen (secondary N) is 1. The van der Waals surface area contributed by atoms with E-state index in [9.17, 15) is 0 Å². The first kappa shape index (κ1) is 16.2. The van der Waals surface area contributed by atoms with Crippen molar-refractivity contribution in [1.29, 1.82) is 0 Å². The molecule has 0 radical (unpaired) electrons. The van der Waals surface area contributed by atoms with Gasteiger partial charge in [0.2, 0.25) is 0 Å². The molecule has 116 valence electrons. The van der Waals surface area contributed by atoms with Gasteiger partial charge in [-0.15, -0.1) is 11.3 Å². The molecule has 0 aliphatic carbocycles. The largest absolute Gasteiger partial charge is 0.311 e. The summed E-state index contributed by atoms with van der Waals surface area (Å²) in [4.78, 5) is 3.66. The van der Waals surface area contributed by atoms with Gasteiger partial charge in [0, 0.05) is 29.7 Å². The maximum absolute atomic E-state index is 4.44. The fourth-order valence-electron chi connectivity index (χ4n) is 2.19. The number of thiophene rings is 1. The van der Waals surface area contributed by atoms with Crippen LogP contribution < -0.4 is 5.32 Å². The summed E-state index contributed by atoms with van der Waals surface area (Å²) < 4.78 is 2.02. The summed E-state index contributed by atoms with van der Waals surface area (Å²) in [6.45, 7) is 8.28. The first-order chi connectivity index (χ1) is 9.88. The van der Waals surface area contributed by atoms with Crippen molar-refractivity contribution in [2.24, 2.45) is 0 Å². The Morgan fingerprint density at radius 2 is 2.14 bits per heavy atom. The summed E-state index contributed by atoms with van der Waals surface area (Å²) in [5.74, 6) is 0. The Morgan fingerprint density at radius 3 is 2.67 bits per heavy atom. The molecule has 0 spiro atoms. The summed E-state index contributed by atoms with van der Waals surface area (Å²) in [5, 5.41) is 10.1. The summed E-state index contributed by atoms with van der Waals surface area (Å²) in [7, 11) is 4.26. The molecule has 21 heavy (non-hydrogen) atoms. The van der Waals surface area contributed by atoms with Crippen LogP contribution in [-0.4, -0.2) is 35.3 Å². The van der Waals surface area contributed by atoms with E-state index < -0.39 is 0 Å². The number of aromatic nitrogens is 2. The number of likely N-dealkylation sites (N-methyl/N-ethyl adjacent to an activating group) is 1. The fraction of sp³-hybridized carbons (Fsp3) is 0.562. The van der Waals surface area contributed by atoms with Crippen molar-refractivity contribution in [3.63, 3.8) is 0 Å². The molecule has 5 heteroatoms. The minimum atomic E-state index is 0.0430. The van der Waals surface area contributed by atoms with Crippen LogP contribution in [0.25, 0.3) is 0 Å². The van der Waals surface area contributed by atoms with Gasteiger partial charge in [-0.1, -0.05) is 6.07 Å². The molecule has 0 amide bonds. The Morgan fingerprint density at radius 1 is 1.38 bits per heavy atom. The molecule has 0 bridgehead atoms. The first-order valence-electron chi connectivity index (χ1n) is 7.32. The standard InChI is InChI=1S/C16H26N4S/c1-16(2,3)20-12-13(10-18-20)9-17-11-14(19(4)5)15-7-6-8-21-15/h6-8,10,12,14,17H,9,11H2,1-5H3. The summed E-state index contributed by atoms with van der Waals surface area (Å²) in [5.41, 5.74) is 1.27. The Balaban J connectivity index is 1.90. The van der Waals surface area contributed by atoms with Crippen LogP contribution in [0, 0.1) is 0 Å². The van der Waals surface area contributed by atoms with Gasteiger partial charge < -0.3 is 10.2 Å². The summed E-state index contributed by atoms with van der Waals surface area (Å²) in [6.07, 6.45) is 4.08. The van der Waals surface area contributed by atoms with Crippen molar-refractivity contribution < 1.29 is 0 Å². The molecule has 0 aromatic carbocycles. The van der Waals surface area contributed by atoms with Gasteiger partial charge >= 0.3 is 0 Å². The van der Waals surface area contributed by atoms with E-state index >= 15 is 0 Å². The smallest absolute Gasteiger partial charge is 0.0561 e. The molecule has 2 rings (SSSR count). The average Bonchev–Trinajstić information content (AvgIpc) is 3.04. The molecule has 1 atom stereocenters. The highest BCUT2D eigenvalue weighted by molar-refractivity contribution is 7.10. The Hall–Kier alpha value is -1.17. The lowest BCUT2D eigenvalue weighted by atomic mass is 10.1. The molecule has 0 saturated carbocycles. The van der Waals surface area contributed by atoms with Gasteiger partial charge in [0.15, 0.2) is 0 Å². The molecule has 0 aliphatic rings. The maximum Gasteiger partial charge on any atom is 0.0561 e. The molecule has 2 aromatic heterocycles. The molecule has 0 aliphatic heterocycles. The van der Waals surface area contributed by atoms with Crippen LogP contribution in [0.4, 0.5) is 0 Å². The second-order valence-corrected chi connectivity index (χ2v) is 7.57. The van der Waals surface area contributed by atoms with Crippen LogP contribution >= 0.6 is 11.3 Å². The molecular formula is C16H26N4S. The number of rotatable bonds is 6. The maximum atomic E-state index is 4.44. The monoisotopic (exact) mass is 306 g/mol. The second-order valence-electron chi connectivity index (χ2n) is 6.59. The van der Waals surface area contributed by atoms with Crippen LogP contribution in [0.15, 0.2) is 29.9 Å². The van der Waals surface area contributed by atoms with E-state index in [1.165, 1.54) is 10.4 Å². The van der Waals surface area contributed by atoms with E-state index in [1.54, 1.807) is 0 Å². The van der Waals surface area contributed by atoms with Crippen molar-refractivity contribution in [1.82, 2.24) is 20.0 Å². The Labute approximate surface area is 131 Å². The SMILES string of the molecule is CN(C)C(CNCc1cnn(C(C)(C)C)c1)c1cccs1. The summed E-state index contributed by atoms with van der Waals surface area (Å²) >= 11 is 1.81. The third-order valence-electron chi connectivity index (χ3n) is 3.49. The lowest BCUT2D eigenvalue weighted by Crippen LogP contribution is -2.30. The zero-order valence-corrected chi connectivity index (χ0v) is 14.4. The van der Waals surface area contributed by atoms with Crippen LogP contribution in [0.2, 0.25) is 0 Å². The third kappa shape index (κ3) is 4.40. The Bertz CT molecular complexity index is 537. The van der Waals surface area contributed by atoms with Crippen molar-refractivity contribution in [2.45, 2.75) is 38.9 Å². The van der Waals surface area contributed by atoms with E-state index in [0.29, 0.717) is 6.04 Å². The van der Waals surface area contributed by atoms with Gasteiger partial charge in [0.1, 0.15) is 0 Å². The zero-order valence-electron chi connectivity index (χ0n) is 13.6. The fourth-order valence-corrected chi connectivity index (χ4v) is 3.11. The predicted octanol–water partition coefficient (Wildman–Crippen LogP) is 3.09. The first-order valence-corrected chi connectivity index (χ1v) is 8.20. The number of hydrogen-bond acceptors (Lipinski definition) is 4. The van der Waals surface area contributed by atoms with Gasteiger partial charge in [-0.2, -0.15) is 5.10 Å². The second kappa shape index (κ2) is 6.73. The van der Waals surface area contributed by atoms with Crippen LogP contribution in [0.5, 0.6) is 0 Å². The third-order valence-corrected chi connectivity index (χ3v) is 4.46. The van der Waals surface area contributed by atoms with Crippen molar-refractivity contribution in [2.75, 3.05) is 20.6 Å². The van der Waals surface area contributed by atoms with E-state index in [0.717, 1.165) is 13.1 Å². The molecule has 4 nitrogen and oxygen atoms in total. The molecule has 1 N–H and O–H groups in total. The van der Waals surface area contributed by atoms with E-state index in [-0.39, 0.29) is 5.54 Å². The lowest BCUT2D eigenvalue weighted by molar-refractivity contribution is 0.292. The highest BCUT2D eigenvalue weighted by Crippen LogP contribution is 2.22. The van der Waals surface area contributed by atoms with Gasteiger partial charge in [0.25, 0.3) is 0 Å². The van der Waals surface area contributed by atoms with Gasteiger partial charge in [-0.05, 0) is 46.3 Å². The van der Waals surface area contributed by atoms with Crippen molar-refractivity contribution >= 4 is 11.3 Å². The van der Waals surface area contributed by atoms with Crippen LogP contribution in [0.1, 0.15) is 37.3 Å². The van der Waals surface area contributed by atoms with Gasteiger partial charge in [-0.3, -0.25) is 4.68 Å². The number of nitrogens with zero attached hydrogens (tertiary/aromatic N) is 3. The van der Waals surface area contributed by atoms with Crippen LogP contribution in [0.3, 0.4) is 0 Å². The van der Waals surface area contributed by atoms with Gasteiger partial charge in [-0.25, -0.2) is 0 Å². The molecule has 1 unspecified atom stereocenters. The quantitative estimate of drug-likeness (QED) is 0.890. The van der Waals surface area contributed by atoms with Crippen molar-refractivity contribution in [3.05, 3.63) is 40.3 Å². The number of hydrogen-bond donors (Lipinski definition) is 1. The Kier molecular flexibility index (Phi) is 5.19.